The van der Waals surface area contributed by atoms with Crippen molar-refractivity contribution in [1.82, 2.24) is 15.6 Å². The van der Waals surface area contributed by atoms with E-state index in [4.69, 9.17) is 9.47 Å². The third-order valence-corrected chi connectivity index (χ3v) is 4.27. The topological polar surface area (TPSA) is 89.5 Å². The number of carbonyl (C=O) groups excluding carboxylic acids is 2. The molecule has 24 heavy (non-hydrogen) atoms. The molecule has 1 aromatic heterocycles. The van der Waals surface area contributed by atoms with Crippen LogP contribution in [0.4, 0.5) is 0 Å². The van der Waals surface area contributed by atoms with Crippen LogP contribution in [0.2, 0.25) is 0 Å². The van der Waals surface area contributed by atoms with Gasteiger partial charge in [-0.3, -0.25) is 10.1 Å². The highest BCUT2D eigenvalue weighted by Gasteiger charge is 2.46. The van der Waals surface area contributed by atoms with Crippen LogP contribution in [0, 0.1) is 5.92 Å². The molecule has 2 atom stereocenters. The van der Waals surface area contributed by atoms with Gasteiger partial charge in [0.2, 0.25) is 11.8 Å². The summed E-state index contributed by atoms with van der Waals surface area (Å²) in [5.41, 5.74) is -0.118. The van der Waals surface area contributed by atoms with Crippen LogP contribution in [0.15, 0.2) is 24.8 Å². The molecule has 2 rings (SSSR count). The molecule has 0 bridgehead atoms. The van der Waals surface area contributed by atoms with E-state index in [1.165, 1.54) is 7.11 Å². The van der Waals surface area contributed by atoms with E-state index in [1.807, 2.05) is 20.8 Å². The fourth-order valence-electron chi connectivity index (χ4n) is 2.43. The van der Waals surface area contributed by atoms with Crippen molar-refractivity contribution in [3.05, 3.63) is 36.0 Å². The van der Waals surface area contributed by atoms with Gasteiger partial charge >= 0.3 is 5.97 Å². The van der Waals surface area contributed by atoms with Gasteiger partial charge in [0.25, 0.3) is 0 Å². The van der Waals surface area contributed by atoms with Gasteiger partial charge in [-0.1, -0.05) is 26.5 Å². The number of pyridine rings is 1. The molecule has 0 aliphatic carbocycles. The quantitative estimate of drug-likeness (QED) is 0.607. The van der Waals surface area contributed by atoms with Crippen LogP contribution in [0.3, 0.4) is 0 Å². The van der Waals surface area contributed by atoms with E-state index >= 15 is 0 Å². The Balaban J connectivity index is 2.41. The average Bonchev–Trinajstić information content (AvgIpc) is 2.88. The second-order valence-electron chi connectivity index (χ2n) is 6.08. The van der Waals surface area contributed by atoms with Gasteiger partial charge in [-0.2, -0.15) is 0 Å². The first-order valence-electron chi connectivity index (χ1n) is 7.75. The van der Waals surface area contributed by atoms with Crippen LogP contribution in [0.25, 0.3) is 0 Å². The van der Waals surface area contributed by atoms with E-state index in [2.05, 4.69) is 22.2 Å². The van der Waals surface area contributed by atoms with Crippen LogP contribution in [0.1, 0.15) is 43.0 Å². The third-order valence-electron chi connectivity index (χ3n) is 4.27. The Kier molecular flexibility index (Phi) is 5.23. The first kappa shape index (κ1) is 17.9. The molecule has 7 heteroatoms. The number of rotatable bonds is 6. The lowest BCUT2D eigenvalue weighted by atomic mass is 9.89. The van der Waals surface area contributed by atoms with Gasteiger partial charge in [0.1, 0.15) is 12.8 Å². The first-order chi connectivity index (χ1) is 11.3. The summed E-state index contributed by atoms with van der Waals surface area (Å²) in [5, 5.41) is 6.08. The fourth-order valence-corrected chi connectivity index (χ4v) is 2.43. The monoisotopic (exact) mass is 333 g/mol. The minimum Gasteiger partial charge on any atom is -0.473 e. The van der Waals surface area contributed by atoms with Crippen LogP contribution in [-0.2, 0) is 9.53 Å². The largest absolute Gasteiger partial charge is 0.473 e. The van der Waals surface area contributed by atoms with Gasteiger partial charge in [-0.25, -0.2) is 9.78 Å². The highest BCUT2D eigenvalue weighted by atomic mass is 16.5. The van der Waals surface area contributed by atoms with Gasteiger partial charge in [-0.15, -0.1) is 0 Å². The highest BCUT2D eigenvalue weighted by molar-refractivity contribution is 5.92. The Bertz CT molecular complexity index is 659. The van der Waals surface area contributed by atoms with E-state index in [-0.39, 0.29) is 24.0 Å². The fraction of sp³-hybridized carbons (Fsp3) is 0.471. The summed E-state index contributed by atoms with van der Waals surface area (Å²) in [5.74, 6) is -0.268. The maximum absolute atomic E-state index is 12.4. The predicted octanol–water partition coefficient (Wildman–Crippen LogP) is 1.57. The van der Waals surface area contributed by atoms with Crippen molar-refractivity contribution in [2.24, 2.45) is 5.92 Å². The minimum atomic E-state index is -0.752. The number of hydrogen-bond acceptors (Lipinski definition) is 6. The van der Waals surface area contributed by atoms with Crippen LogP contribution < -0.4 is 15.4 Å². The van der Waals surface area contributed by atoms with Crippen LogP contribution in [0.5, 0.6) is 5.88 Å². The molecule has 7 nitrogen and oxygen atoms in total. The van der Waals surface area contributed by atoms with Gasteiger partial charge in [0.05, 0.1) is 23.9 Å². The number of methoxy groups -OCH3 is 1. The SMILES string of the molecule is C=CCOc1ccc(C(=O)OC)c([C@@H]2NC(=O)[C@](C)(C(C)C)N2)n1. The minimum absolute atomic E-state index is 0.0595. The van der Waals surface area contributed by atoms with Crippen molar-refractivity contribution < 1.29 is 19.1 Å². The molecule has 1 aliphatic heterocycles. The zero-order chi connectivity index (χ0) is 17.9. The Hall–Kier alpha value is -2.41. The third kappa shape index (κ3) is 3.26. The van der Waals surface area contributed by atoms with Gasteiger partial charge in [-0.05, 0) is 18.9 Å². The lowest BCUT2D eigenvalue weighted by Crippen LogP contribution is -2.48. The van der Waals surface area contributed by atoms with Gasteiger partial charge < -0.3 is 14.8 Å². The molecule has 2 N–H and O–H groups in total. The maximum Gasteiger partial charge on any atom is 0.339 e. The summed E-state index contributed by atoms with van der Waals surface area (Å²) in [6.07, 6.45) is 0.993. The Morgan fingerprint density at radius 3 is 2.75 bits per heavy atom. The Morgan fingerprint density at radius 1 is 1.50 bits per heavy atom. The standard InChI is InChI=1S/C17H23N3O4/c1-6-9-24-12-8-7-11(15(21)23-5)13(18-12)14-19-16(22)17(4,20-14)10(2)3/h6-8,10,14,20H,1,9H2,2-5H3,(H,19,22)/t14-,17+/m1/s1. The van der Waals surface area contributed by atoms with Crippen molar-refractivity contribution >= 4 is 11.9 Å². The van der Waals surface area contributed by atoms with E-state index < -0.39 is 17.7 Å². The molecule has 0 saturated carbocycles. The van der Waals surface area contributed by atoms with Crippen molar-refractivity contribution in [3.63, 3.8) is 0 Å². The van der Waals surface area contributed by atoms with E-state index in [1.54, 1.807) is 18.2 Å². The normalized spacial score (nSPS) is 23.0. The summed E-state index contributed by atoms with van der Waals surface area (Å²) in [4.78, 5) is 28.8. The number of nitrogens with one attached hydrogen (secondary N) is 2. The molecule has 0 aromatic carbocycles. The lowest BCUT2D eigenvalue weighted by Gasteiger charge is -2.26. The summed E-state index contributed by atoms with van der Waals surface area (Å²) in [6.45, 7) is 9.60. The zero-order valence-electron chi connectivity index (χ0n) is 14.4. The zero-order valence-corrected chi connectivity index (χ0v) is 14.4. The number of hydrogen-bond donors (Lipinski definition) is 2. The number of ether oxygens (including phenoxy) is 2. The molecule has 1 saturated heterocycles. The first-order valence-corrected chi connectivity index (χ1v) is 7.75. The Morgan fingerprint density at radius 2 is 2.21 bits per heavy atom. The predicted molar refractivity (Wildman–Crippen MR) is 88.5 cm³/mol. The number of carbonyl (C=O) groups is 2. The summed E-state index contributed by atoms with van der Waals surface area (Å²) < 4.78 is 10.2. The lowest BCUT2D eigenvalue weighted by molar-refractivity contribution is -0.125. The number of amides is 1. The van der Waals surface area contributed by atoms with Crippen LogP contribution in [-0.4, -0.2) is 36.1 Å². The number of esters is 1. The molecule has 0 radical (unpaired) electrons. The summed E-state index contributed by atoms with van der Waals surface area (Å²) >= 11 is 0. The molecule has 1 aliphatic rings. The number of nitrogens with zero attached hydrogens (tertiary/aromatic N) is 1. The summed E-state index contributed by atoms with van der Waals surface area (Å²) in [6, 6.07) is 3.16. The van der Waals surface area contributed by atoms with Gasteiger partial charge in [0.15, 0.2) is 0 Å². The summed E-state index contributed by atoms with van der Waals surface area (Å²) in [7, 11) is 1.30. The Labute approximate surface area is 141 Å². The van der Waals surface area contributed by atoms with Crippen molar-refractivity contribution in [1.29, 1.82) is 0 Å². The highest BCUT2D eigenvalue weighted by Crippen LogP contribution is 2.29. The van der Waals surface area contributed by atoms with E-state index in [0.717, 1.165) is 0 Å². The van der Waals surface area contributed by atoms with E-state index in [9.17, 15) is 9.59 Å². The molecule has 130 valence electrons. The molecular weight excluding hydrogens is 310 g/mol. The van der Waals surface area contributed by atoms with Crippen molar-refractivity contribution in [2.75, 3.05) is 13.7 Å². The molecule has 0 spiro atoms. The second kappa shape index (κ2) is 7.00. The van der Waals surface area contributed by atoms with Crippen molar-refractivity contribution in [3.8, 4) is 5.88 Å². The van der Waals surface area contributed by atoms with E-state index in [0.29, 0.717) is 11.6 Å². The molecule has 1 amide bonds. The smallest absolute Gasteiger partial charge is 0.339 e. The number of aromatic nitrogens is 1. The van der Waals surface area contributed by atoms with Gasteiger partial charge in [0, 0.05) is 6.07 Å². The molecule has 2 heterocycles. The molecule has 1 fully saturated rings. The molecule has 1 aromatic rings. The second-order valence-corrected chi connectivity index (χ2v) is 6.08. The maximum atomic E-state index is 12.4. The van der Waals surface area contributed by atoms with Crippen LogP contribution >= 0.6 is 0 Å². The molecular formula is C17H23N3O4. The average molecular weight is 333 g/mol. The molecule has 0 unspecified atom stereocenters. The van der Waals surface area contributed by atoms with Crippen molar-refractivity contribution in [2.45, 2.75) is 32.5 Å².